The fourth-order valence-electron chi connectivity index (χ4n) is 1.67. The SMILES string of the molecule is O=C(/C=C/c1ccc(Cl)cc1)Nc1ccc(OC(F)(F)F)cc1. The predicted molar refractivity (Wildman–Crippen MR) is 82.2 cm³/mol. The highest BCUT2D eigenvalue weighted by molar-refractivity contribution is 6.30. The summed E-state index contributed by atoms with van der Waals surface area (Å²) in [6.07, 6.45) is -1.84. The van der Waals surface area contributed by atoms with Crippen LogP contribution in [-0.2, 0) is 4.79 Å². The van der Waals surface area contributed by atoms with E-state index < -0.39 is 12.3 Å². The Bertz CT molecular complexity index is 695. The summed E-state index contributed by atoms with van der Waals surface area (Å²) < 4.78 is 39.8. The molecule has 1 amide bonds. The number of anilines is 1. The Hall–Kier alpha value is -2.47. The standard InChI is InChI=1S/C16H11ClF3NO2/c17-12-4-1-11(2-5-12)3-10-15(22)21-13-6-8-14(9-7-13)23-16(18,19)20/h1-10H,(H,21,22)/b10-3+. The van der Waals surface area contributed by atoms with Gasteiger partial charge in [-0.05, 0) is 48.0 Å². The average molecular weight is 342 g/mol. The second kappa shape index (κ2) is 7.19. The number of benzene rings is 2. The predicted octanol–water partition coefficient (Wildman–Crippen LogP) is 4.89. The Labute approximate surface area is 135 Å². The van der Waals surface area contributed by atoms with Crippen LogP contribution < -0.4 is 10.1 Å². The molecule has 0 radical (unpaired) electrons. The van der Waals surface area contributed by atoms with Crippen LogP contribution in [0, 0.1) is 0 Å². The number of carbonyl (C=O) groups excluding carboxylic acids is 1. The van der Waals surface area contributed by atoms with E-state index in [9.17, 15) is 18.0 Å². The fraction of sp³-hybridized carbons (Fsp3) is 0.0625. The van der Waals surface area contributed by atoms with Crippen LogP contribution in [0.5, 0.6) is 5.75 Å². The second-order valence-corrected chi connectivity index (χ2v) is 4.88. The third-order valence-electron chi connectivity index (χ3n) is 2.65. The Morgan fingerprint density at radius 1 is 1.04 bits per heavy atom. The van der Waals surface area contributed by atoms with Gasteiger partial charge in [-0.25, -0.2) is 0 Å². The smallest absolute Gasteiger partial charge is 0.406 e. The summed E-state index contributed by atoms with van der Waals surface area (Å²) in [6.45, 7) is 0. The Kier molecular flexibility index (Phi) is 5.28. The summed E-state index contributed by atoms with van der Waals surface area (Å²) >= 11 is 5.75. The molecule has 2 aromatic rings. The maximum absolute atomic E-state index is 12.0. The summed E-state index contributed by atoms with van der Waals surface area (Å²) in [4.78, 5) is 11.7. The van der Waals surface area contributed by atoms with Gasteiger partial charge in [-0.1, -0.05) is 23.7 Å². The maximum Gasteiger partial charge on any atom is 0.573 e. The largest absolute Gasteiger partial charge is 0.573 e. The molecule has 0 heterocycles. The van der Waals surface area contributed by atoms with Gasteiger partial charge >= 0.3 is 6.36 Å². The number of hydrogen-bond acceptors (Lipinski definition) is 2. The molecule has 0 fully saturated rings. The lowest BCUT2D eigenvalue weighted by Gasteiger charge is -2.09. The maximum atomic E-state index is 12.0. The lowest BCUT2D eigenvalue weighted by Crippen LogP contribution is -2.17. The lowest BCUT2D eigenvalue weighted by molar-refractivity contribution is -0.274. The highest BCUT2D eigenvalue weighted by atomic mass is 35.5. The van der Waals surface area contributed by atoms with Crippen molar-refractivity contribution in [3.63, 3.8) is 0 Å². The summed E-state index contributed by atoms with van der Waals surface area (Å²) in [5.74, 6) is -0.767. The first-order valence-electron chi connectivity index (χ1n) is 6.42. The van der Waals surface area contributed by atoms with Crippen molar-refractivity contribution in [3.05, 3.63) is 65.2 Å². The molecule has 120 valence electrons. The number of halogens is 4. The van der Waals surface area contributed by atoms with E-state index in [0.29, 0.717) is 10.7 Å². The molecule has 2 rings (SSSR count). The molecular formula is C16H11ClF3NO2. The highest BCUT2D eigenvalue weighted by Crippen LogP contribution is 2.23. The zero-order chi connectivity index (χ0) is 16.9. The van der Waals surface area contributed by atoms with E-state index in [-0.39, 0.29) is 5.75 Å². The van der Waals surface area contributed by atoms with Crippen molar-refractivity contribution in [3.8, 4) is 5.75 Å². The number of nitrogens with one attached hydrogen (secondary N) is 1. The van der Waals surface area contributed by atoms with E-state index in [2.05, 4.69) is 10.1 Å². The first-order chi connectivity index (χ1) is 10.8. The molecule has 0 aliphatic carbocycles. The van der Waals surface area contributed by atoms with E-state index in [1.165, 1.54) is 18.2 Å². The van der Waals surface area contributed by atoms with E-state index in [1.54, 1.807) is 30.3 Å². The van der Waals surface area contributed by atoms with Crippen LogP contribution in [0.25, 0.3) is 6.08 Å². The molecule has 0 unspecified atom stereocenters. The minimum atomic E-state index is -4.74. The van der Waals surface area contributed by atoms with Gasteiger partial charge in [0.1, 0.15) is 5.75 Å². The Morgan fingerprint density at radius 3 is 2.22 bits per heavy atom. The van der Waals surface area contributed by atoms with Gasteiger partial charge in [0, 0.05) is 16.8 Å². The van der Waals surface area contributed by atoms with Crippen molar-refractivity contribution in [2.45, 2.75) is 6.36 Å². The van der Waals surface area contributed by atoms with Crippen LogP contribution in [0.1, 0.15) is 5.56 Å². The molecule has 0 spiro atoms. The summed E-state index contributed by atoms with van der Waals surface area (Å²) in [6, 6.07) is 11.7. The van der Waals surface area contributed by atoms with Crippen LogP contribution in [0.4, 0.5) is 18.9 Å². The van der Waals surface area contributed by atoms with Crippen molar-refractivity contribution in [2.75, 3.05) is 5.32 Å². The molecule has 2 aromatic carbocycles. The van der Waals surface area contributed by atoms with Crippen LogP contribution in [0.3, 0.4) is 0 Å². The molecule has 7 heteroatoms. The number of hydrogen-bond donors (Lipinski definition) is 1. The number of carbonyl (C=O) groups is 1. The monoisotopic (exact) mass is 341 g/mol. The van der Waals surface area contributed by atoms with Crippen molar-refractivity contribution in [2.24, 2.45) is 0 Å². The third kappa shape index (κ3) is 6.04. The molecule has 0 saturated carbocycles. The zero-order valence-electron chi connectivity index (χ0n) is 11.6. The minimum absolute atomic E-state index is 0.352. The Balaban J connectivity index is 1.93. The summed E-state index contributed by atoms with van der Waals surface area (Å²) in [5.41, 5.74) is 1.14. The summed E-state index contributed by atoms with van der Waals surface area (Å²) in [7, 11) is 0. The average Bonchev–Trinajstić information content (AvgIpc) is 2.47. The normalized spacial score (nSPS) is 11.5. The van der Waals surface area contributed by atoms with Crippen molar-refractivity contribution >= 4 is 29.3 Å². The van der Waals surface area contributed by atoms with Crippen LogP contribution in [-0.4, -0.2) is 12.3 Å². The summed E-state index contributed by atoms with van der Waals surface area (Å²) in [5, 5.41) is 3.12. The first-order valence-corrected chi connectivity index (χ1v) is 6.80. The quantitative estimate of drug-likeness (QED) is 0.804. The third-order valence-corrected chi connectivity index (χ3v) is 2.90. The number of amides is 1. The fourth-order valence-corrected chi connectivity index (χ4v) is 1.80. The van der Waals surface area contributed by atoms with Gasteiger partial charge in [-0.15, -0.1) is 13.2 Å². The second-order valence-electron chi connectivity index (χ2n) is 4.45. The van der Waals surface area contributed by atoms with Gasteiger partial charge in [0.15, 0.2) is 0 Å². The van der Waals surface area contributed by atoms with Crippen LogP contribution in [0.15, 0.2) is 54.6 Å². The molecule has 3 nitrogen and oxygen atoms in total. The molecule has 0 aliphatic heterocycles. The molecule has 0 saturated heterocycles. The molecular weight excluding hydrogens is 331 g/mol. The van der Waals surface area contributed by atoms with Crippen LogP contribution >= 0.6 is 11.6 Å². The van der Waals surface area contributed by atoms with Crippen molar-refractivity contribution < 1.29 is 22.7 Å². The van der Waals surface area contributed by atoms with Gasteiger partial charge in [0.2, 0.25) is 5.91 Å². The molecule has 1 N–H and O–H groups in total. The first kappa shape index (κ1) is 16.9. The Morgan fingerprint density at radius 2 is 1.65 bits per heavy atom. The minimum Gasteiger partial charge on any atom is -0.406 e. The lowest BCUT2D eigenvalue weighted by atomic mass is 10.2. The van der Waals surface area contributed by atoms with Gasteiger partial charge in [-0.2, -0.15) is 0 Å². The number of rotatable bonds is 4. The van der Waals surface area contributed by atoms with Gasteiger partial charge < -0.3 is 10.1 Å². The van der Waals surface area contributed by atoms with E-state index >= 15 is 0 Å². The molecule has 23 heavy (non-hydrogen) atoms. The van der Waals surface area contributed by atoms with Gasteiger partial charge in [0.05, 0.1) is 0 Å². The van der Waals surface area contributed by atoms with Gasteiger partial charge in [0.25, 0.3) is 0 Å². The van der Waals surface area contributed by atoms with Crippen molar-refractivity contribution in [1.29, 1.82) is 0 Å². The highest BCUT2D eigenvalue weighted by Gasteiger charge is 2.30. The topological polar surface area (TPSA) is 38.3 Å². The van der Waals surface area contributed by atoms with E-state index in [0.717, 1.165) is 17.7 Å². The van der Waals surface area contributed by atoms with E-state index in [4.69, 9.17) is 11.6 Å². The van der Waals surface area contributed by atoms with Crippen molar-refractivity contribution in [1.82, 2.24) is 0 Å². The molecule has 0 atom stereocenters. The van der Waals surface area contributed by atoms with E-state index in [1.807, 2.05) is 0 Å². The number of ether oxygens (including phenoxy) is 1. The van der Waals surface area contributed by atoms with Crippen LogP contribution in [0.2, 0.25) is 5.02 Å². The molecule has 0 aliphatic rings. The van der Waals surface area contributed by atoms with Gasteiger partial charge in [-0.3, -0.25) is 4.79 Å². The molecule has 0 aromatic heterocycles. The molecule has 0 bridgehead atoms. The zero-order valence-corrected chi connectivity index (χ0v) is 12.4. The number of alkyl halides is 3.